The van der Waals surface area contributed by atoms with E-state index < -0.39 is 5.60 Å². The highest BCUT2D eigenvalue weighted by Gasteiger charge is 2.42. The Morgan fingerprint density at radius 1 is 1.38 bits per heavy atom. The second-order valence-corrected chi connectivity index (χ2v) is 5.96. The van der Waals surface area contributed by atoms with Crippen LogP contribution in [0.15, 0.2) is 0 Å². The lowest BCUT2D eigenvalue weighted by molar-refractivity contribution is 0.0282. The van der Waals surface area contributed by atoms with Crippen LogP contribution >= 0.6 is 0 Å². The molecule has 1 unspecified atom stereocenters. The molecule has 1 spiro atoms. The molecule has 0 aromatic rings. The number of carbonyl (C=O) groups excluding carboxylic acids is 1. The zero-order valence-electron chi connectivity index (χ0n) is 10.5. The molecule has 1 amide bonds. The molecule has 0 radical (unpaired) electrons. The van der Waals surface area contributed by atoms with Gasteiger partial charge >= 0.3 is 6.09 Å². The molecule has 0 aromatic heterocycles. The maximum Gasteiger partial charge on any atom is 0.410 e. The summed E-state index contributed by atoms with van der Waals surface area (Å²) in [4.78, 5) is 13.7. The Kier molecular flexibility index (Phi) is 2.86. The second-order valence-electron chi connectivity index (χ2n) is 5.96. The minimum absolute atomic E-state index is 0.168. The fraction of sp³-hybridized carbons (Fsp3) is 0.917. The zero-order chi connectivity index (χ0) is 11.8. The first-order valence-corrected chi connectivity index (χ1v) is 6.13. The van der Waals surface area contributed by atoms with E-state index in [1.54, 1.807) is 0 Å². The van der Waals surface area contributed by atoms with Crippen LogP contribution in [0.3, 0.4) is 0 Å². The van der Waals surface area contributed by atoms with Crippen molar-refractivity contribution in [3.8, 4) is 0 Å². The van der Waals surface area contributed by atoms with Crippen molar-refractivity contribution in [2.45, 2.75) is 51.2 Å². The third-order valence-electron chi connectivity index (χ3n) is 3.34. The molecule has 16 heavy (non-hydrogen) atoms. The number of hydrogen-bond acceptors (Lipinski definition) is 3. The van der Waals surface area contributed by atoms with Gasteiger partial charge in [-0.15, -0.1) is 0 Å². The van der Waals surface area contributed by atoms with E-state index in [2.05, 4.69) is 5.32 Å². The van der Waals surface area contributed by atoms with Crippen LogP contribution in [0.5, 0.6) is 0 Å². The molecule has 2 fully saturated rings. The van der Waals surface area contributed by atoms with E-state index in [9.17, 15) is 4.79 Å². The topological polar surface area (TPSA) is 41.6 Å². The molecular formula is C12H22N2O2. The van der Waals surface area contributed by atoms with Crippen LogP contribution < -0.4 is 5.32 Å². The molecule has 0 bridgehead atoms. The Bertz CT molecular complexity index is 277. The molecule has 4 nitrogen and oxygen atoms in total. The summed E-state index contributed by atoms with van der Waals surface area (Å²) in [6, 6.07) is 0. The summed E-state index contributed by atoms with van der Waals surface area (Å²) in [6.07, 6.45) is 3.30. The number of nitrogens with one attached hydrogen (secondary N) is 1. The molecule has 0 saturated carbocycles. The average Bonchev–Trinajstić information content (AvgIpc) is 2.74. The molecule has 2 aliphatic heterocycles. The lowest BCUT2D eigenvalue weighted by Gasteiger charge is -2.27. The van der Waals surface area contributed by atoms with Crippen molar-refractivity contribution in [1.29, 1.82) is 0 Å². The Hall–Kier alpha value is -0.770. The van der Waals surface area contributed by atoms with Crippen LogP contribution in [0.2, 0.25) is 0 Å². The van der Waals surface area contributed by atoms with E-state index >= 15 is 0 Å². The molecule has 1 N–H and O–H groups in total. The Balaban J connectivity index is 1.91. The predicted molar refractivity (Wildman–Crippen MR) is 62.4 cm³/mol. The van der Waals surface area contributed by atoms with Gasteiger partial charge in [-0.2, -0.15) is 0 Å². The van der Waals surface area contributed by atoms with Crippen molar-refractivity contribution < 1.29 is 9.53 Å². The third-order valence-corrected chi connectivity index (χ3v) is 3.34. The molecule has 2 saturated heterocycles. The summed E-state index contributed by atoms with van der Waals surface area (Å²) in [6.45, 7) is 8.44. The second kappa shape index (κ2) is 3.91. The summed E-state index contributed by atoms with van der Waals surface area (Å²) in [5.41, 5.74) is -0.202. The van der Waals surface area contributed by atoms with Gasteiger partial charge in [-0.3, -0.25) is 0 Å². The third kappa shape index (κ3) is 2.48. The first-order valence-electron chi connectivity index (χ1n) is 6.13. The standard InChI is InChI=1S/C12H22N2O2/c1-11(2,3)16-10(15)14-8-6-12(9-14)5-4-7-13-12/h13H,4-9H2,1-3H3. The van der Waals surface area contributed by atoms with Gasteiger partial charge in [-0.05, 0) is 46.6 Å². The van der Waals surface area contributed by atoms with Gasteiger partial charge in [0.1, 0.15) is 5.60 Å². The molecule has 0 aliphatic carbocycles. The van der Waals surface area contributed by atoms with Gasteiger partial charge in [-0.25, -0.2) is 4.79 Å². The van der Waals surface area contributed by atoms with Crippen LogP contribution in [0, 0.1) is 0 Å². The fourth-order valence-electron chi connectivity index (χ4n) is 2.57. The van der Waals surface area contributed by atoms with Gasteiger partial charge < -0.3 is 15.0 Å². The van der Waals surface area contributed by atoms with Crippen molar-refractivity contribution in [2.24, 2.45) is 0 Å². The minimum atomic E-state index is -0.393. The van der Waals surface area contributed by atoms with Gasteiger partial charge in [-0.1, -0.05) is 0 Å². The van der Waals surface area contributed by atoms with Gasteiger partial charge in [0.25, 0.3) is 0 Å². The van der Waals surface area contributed by atoms with E-state index in [0.29, 0.717) is 0 Å². The van der Waals surface area contributed by atoms with Gasteiger partial charge in [0, 0.05) is 18.6 Å². The minimum Gasteiger partial charge on any atom is -0.444 e. The lowest BCUT2D eigenvalue weighted by Crippen LogP contribution is -2.44. The quantitative estimate of drug-likeness (QED) is 0.684. The fourth-order valence-corrected chi connectivity index (χ4v) is 2.57. The van der Waals surface area contributed by atoms with E-state index in [-0.39, 0.29) is 11.6 Å². The maximum absolute atomic E-state index is 11.9. The smallest absolute Gasteiger partial charge is 0.410 e. The highest BCUT2D eigenvalue weighted by atomic mass is 16.6. The first-order chi connectivity index (χ1) is 7.40. The normalized spacial score (nSPS) is 30.1. The van der Waals surface area contributed by atoms with Gasteiger partial charge in [0.15, 0.2) is 0 Å². The van der Waals surface area contributed by atoms with Crippen LogP contribution in [-0.2, 0) is 4.74 Å². The zero-order valence-corrected chi connectivity index (χ0v) is 10.5. The summed E-state index contributed by atoms with van der Waals surface area (Å²) < 4.78 is 5.38. The van der Waals surface area contributed by atoms with E-state index in [1.165, 1.54) is 12.8 Å². The van der Waals surface area contributed by atoms with Crippen molar-refractivity contribution in [3.63, 3.8) is 0 Å². The summed E-state index contributed by atoms with van der Waals surface area (Å²) >= 11 is 0. The molecule has 1 atom stereocenters. The largest absolute Gasteiger partial charge is 0.444 e. The van der Waals surface area contributed by atoms with Crippen LogP contribution in [0.25, 0.3) is 0 Å². The highest BCUT2D eigenvalue weighted by Crippen LogP contribution is 2.30. The number of nitrogens with zero attached hydrogens (tertiary/aromatic N) is 1. The molecular weight excluding hydrogens is 204 g/mol. The Labute approximate surface area is 97.3 Å². The van der Waals surface area contributed by atoms with Crippen LogP contribution in [-0.4, -0.2) is 41.8 Å². The number of likely N-dealkylation sites (tertiary alicyclic amines) is 1. The summed E-state index contributed by atoms with van der Waals surface area (Å²) in [5.74, 6) is 0. The number of amides is 1. The van der Waals surface area contributed by atoms with Crippen molar-refractivity contribution in [2.75, 3.05) is 19.6 Å². The lowest BCUT2D eigenvalue weighted by atomic mass is 9.97. The van der Waals surface area contributed by atoms with E-state index in [1.807, 2.05) is 25.7 Å². The monoisotopic (exact) mass is 226 g/mol. The Morgan fingerprint density at radius 2 is 2.12 bits per heavy atom. The number of carbonyl (C=O) groups is 1. The SMILES string of the molecule is CC(C)(C)OC(=O)N1CCC2(CCCN2)C1. The van der Waals surface area contributed by atoms with Crippen LogP contribution in [0.4, 0.5) is 4.79 Å². The molecule has 92 valence electrons. The number of rotatable bonds is 0. The molecule has 2 rings (SSSR count). The van der Waals surface area contributed by atoms with Crippen molar-refractivity contribution in [1.82, 2.24) is 10.2 Å². The number of hydrogen-bond donors (Lipinski definition) is 1. The van der Waals surface area contributed by atoms with Gasteiger partial charge in [0.05, 0.1) is 0 Å². The van der Waals surface area contributed by atoms with Crippen molar-refractivity contribution in [3.05, 3.63) is 0 Å². The predicted octanol–water partition coefficient (Wildman–Crippen LogP) is 1.75. The van der Waals surface area contributed by atoms with Gasteiger partial charge in [0.2, 0.25) is 0 Å². The summed E-state index contributed by atoms with van der Waals surface area (Å²) in [7, 11) is 0. The Morgan fingerprint density at radius 3 is 2.69 bits per heavy atom. The first kappa shape index (κ1) is 11.7. The van der Waals surface area contributed by atoms with Crippen LogP contribution in [0.1, 0.15) is 40.0 Å². The van der Waals surface area contributed by atoms with E-state index in [0.717, 1.165) is 26.1 Å². The van der Waals surface area contributed by atoms with E-state index in [4.69, 9.17) is 4.74 Å². The molecule has 2 heterocycles. The molecule has 4 heteroatoms. The number of ether oxygens (including phenoxy) is 1. The highest BCUT2D eigenvalue weighted by molar-refractivity contribution is 5.68. The summed E-state index contributed by atoms with van der Waals surface area (Å²) in [5, 5.41) is 3.53. The molecule has 0 aromatic carbocycles. The average molecular weight is 226 g/mol. The maximum atomic E-state index is 11.9. The van der Waals surface area contributed by atoms with Crippen molar-refractivity contribution >= 4 is 6.09 Å². The molecule has 2 aliphatic rings.